The zero-order chi connectivity index (χ0) is 12.8. The van der Waals surface area contributed by atoms with Gasteiger partial charge in [0.25, 0.3) is 0 Å². The Bertz CT molecular complexity index is 429. The molecule has 0 fully saturated rings. The molecule has 0 aliphatic heterocycles. The van der Waals surface area contributed by atoms with Crippen LogP contribution in [-0.2, 0) is 9.53 Å². The second-order valence-electron chi connectivity index (χ2n) is 3.36. The number of hydrogen-bond donors (Lipinski definition) is 1. The predicted octanol–water partition coefficient (Wildman–Crippen LogP) is 1.41. The van der Waals surface area contributed by atoms with E-state index < -0.39 is 5.97 Å². The first kappa shape index (κ1) is 13.0. The van der Waals surface area contributed by atoms with Gasteiger partial charge >= 0.3 is 5.97 Å². The number of carbonyl (C=O) groups is 2. The van der Waals surface area contributed by atoms with Crippen LogP contribution in [0.25, 0.3) is 0 Å². The Morgan fingerprint density at radius 1 is 1.35 bits per heavy atom. The van der Waals surface area contributed by atoms with Crippen LogP contribution in [0.4, 0.5) is 5.69 Å². The molecule has 5 nitrogen and oxygen atoms in total. The molecule has 1 aromatic carbocycles. The number of Topliss-reactive ketones (excluding diaryl/α,β-unsaturated/α-hetero) is 1. The lowest BCUT2D eigenvalue weighted by Crippen LogP contribution is -2.11. The van der Waals surface area contributed by atoms with Crippen LogP contribution in [0, 0.1) is 0 Å². The highest BCUT2D eigenvalue weighted by molar-refractivity contribution is 6.06. The van der Waals surface area contributed by atoms with E-state index >= 15 is 0 Å². The van der Waals surface area contributed by atoms with Crippen LogP contribution in [0.3, 0.4) is 0 Å². The van der Waals surface area contributed by atoms with Crippen molar-refractivity contribution in [2.24, 2.45) is 0 Å². The topological polar surface area (TPSA) is 78.6 Å². The van der Waals surface area contributed by atoms with E-state index in [9.17, 15) is 9.59 Å². The van der Waals surface area contributed by atoms with E-state index in [2.05, 4.69) is 0 Å². The molecule has 0 unspecified atom stereocenters. The lowest BCUT2D eigenvalue weighted by Gasteiger charge is -2.06. The number of esters is 1. The highest BCUT2D eigenvalue weighted by atomic mass is 16.5. The molecule has 0 aliphatic rings. The fourth-order valence-electron chi connectivity index (χ4n) is 1.35. The van der Waals surface area contributed by atoms with Crippen molar-refractivity contribution < 1.29 is 19.1 Å². The minimum Gasteiger partial charge on any atom is -0.495 e. The maximum atomic E-state index is 11.7. The third kappa shape index (κ3) is 3.48. The smallest absolute Gasteiger partial charge is 0.313 e. The Morgan fingerprint density at radius 2 is 2.06 bits per heavy atom. The number of anilines is 1. The van der Waals surface area contributed by atoms with E-state index in [1.165, 1.54) is 13.2 Å². The van der Waals surface area contributed by atoms with Gasteiger partial charge in [0.1, 0.15) is 12.2 Å². The molecule has 5 heteroatoms. The van der Waals surface area contributed by atoms with Crippen LogP contribution in [0.1, 0.15) is 23.7 Å². The van der Waals surface area contributed by atoms with Crippen molar-refractivity contribution in [2.45, 2.75) is 13.3 Å². The summed E-state index contributed by atoms with van der Waals surface area (Å²) in [4.78, 5) is 22.8. The SMILES string of the molecule is CCOC(=O)CC(=O)c1ccc(OC)c(N)c1. The molecule has 0 aromatic heterocycles. The van der Waals surface area contributed by atoms with Gasteiger partial charge in [0.2, 0.25) is 0 Å². The zero-order valence-electron chi connectivity index (χ0n) is 9.86. The number of hydrogen-bond acceptors (Lipinski definition) is 5. The molecular formula is C12H15NO4. The number of rotatable bonds is 5. The van der Waals surface area contributed by atoms with Gasteiger partial charge in [-0.1, -0.05) is 0 Å². The second kappa shape index (κ2) is 5.89. The van der Waals surface area contributed by atoms with E-state index in [1.807, 2.05) is 0 Å². The van der Waals surface area contributed by atoms with Crippen molar-refractivity contribution in [1.82, 2.24) is 0 Å². The minimum atomic E-state index is -0.535. The van der Waals surface area contributed by atoms with Crippen LogP contribution >= 0.6 is 0 Å². The average Bonchev–Trinajstić information content (AvgIpc) is 2.29. The van der Waals surface area contributed by atoms with Gasteiger partial charge in [-0.25, -0.2) is 0 Å². The van der Waals surface area contributed by atoms with E-state index in [4.69, 9.17) is 15.2 Å². The molecule has 0 saturated carbocycles. The van der Waals surface area contributed by atoms with Gasteiger partial charge in [-0.3, -0.25) is 9.59 Å². The first-order chi connectivity index (χ1) is 8.08. The van der Waals surface area contributed by atoms with Crippen LogP contribution in [0.2, 0.25) is 0 Å². The average molecular weight is 237 g/mol. The Hall–Kier alpha value is -2.04. The van der Waals surface area contributed by atoms with E-state index in [0.717, 1.165) is 0 Å². The summed E-state index contributed by atoms with van der Waals surface area (Å²) in [7, 11) is 1.49. The molecule has 0 atom stereocenters. The van der Waals surface area contributed by atoms with Gasteiger partial charge in [0, 0.05) is 5.56 Å². The lowest BCUT2D eigenvalue weighted by atomic mass is 10.1. The summed E-state index contributed by atoms with van der Waals surface area (Å²) >= 11 is 0. The van der Waals surface area contributed by atoms with Crippen molar-refractivity contribution in [1.29, 1.82) is 0 Å². The lowest BCUT2D eigenvalue weighted by molar-refractivity contribution is -0.141. The van der Waals surface area contributed by atoms with Gasteiger partial charge in [0.15, 0.2) is 5.78 Å². The highest BCUT2D eigenvalue weighted by Crippen LogP contribution is 2.22. The van der Waals surface area contributed by atoms with Crippen molar-refractivity contribution in [3.8, 4) is 5.75 Å². The van der Waals surface area contributed by atoms with Crippen LogP contribution in [0.5, 0.6) is 5.75 Å². The van der Waals surface area contributed by atoms with Crippen molar-refractivity contribution in [2.75, 3.05) is 19.5 Å². The number of benzene rings is 1. The number of ketones is 1. The molecule has 17 heavy (non-hydrogen) atoms. The molecule has 0 aliphatic carbocycles. The summed E-state index contributed by atoms with van der Waals surface area (Å²) in [5, 5.41) is 0. The van der Waals surface area contributed by atoms with Crippen molar-refractivity contribution in [3.63, 3.8) is 0 Å². The zero-order valence-corrected chi connectivity index (χ0v) is 9.86. The third-order valence-corrected chi connectivity index (χ3v) is 2.16. The summed E-state index contributed by atoms with van der Waals surface area (Å²) in [6, 6.07) is 4.64. The van der Waals surface area contributed by atoms with Crippen LogP contribution in [0.15, 0.2) is 18.2 Å². The number of nitrogen functional groups attached to an aromatic ring is 1. The first-order valence-corrected chi connectivity index (χ1v) is 5.20. The Kier molecular flexibility index (Phi) is 4.51. The normalized spacial score (nSPS) is 9.76. The molecule has 0 saturated heterocycles. The number of methoxy groups -OCH3 is 1. The van der Waals surface area contributed by atoms with E-state index in [1.54, 1.807) is 19.1 Å². The minimum absolute atomic E-state index is 0.261. The summed E-state index contributed by atoms with van der Waals surface area (Å²) < 4.78 is 9.66. The van der Waals surface area contributed by atoms with Crippen molar-refractivity contribution in [3.05, 3.63) is 23.8 Å². The number of ether oxygens (including phenoxy) is 2. The largest absolute Gasteiger partial charge is 0.495 e. The molecule has 1 rings (SSSR count). The molecule has 1 aromatic rings. The van der Waals surface area contributed by atoms with Gasteiger partial charge in [-0.2, -0.15) is 0 Å². The highest BCUT2D eigenvalue weighted by Gasteiger charge is 2.13. The Balaban J connectivity index is 2.76. The van der Waals surface area contributed by atoms with Crippen molar-refractivity contribution >= 4 is 17.4 Å². The third-order valence-electron chi connectivity index (χ3n) is 2.16. The van der Waals surface area contributed by atoms with Gasteiger partial charge in [-0.15, -0.1) is 0 Å². The Morgan fingerprint density at radius 3 is 2.59 bits per heavy atom. The van der Waals surface area contributed by atoms with E-state index in [0.29, 0.717) is 17.0 Å². The summed E-state index contributed by atoms with van der Waals surface area (Å²) in [5.74, 6) is -0.359. The molecule has 92 valence electrons. The standard InChI is InChI=1S/C12H15NO4/c1-3-17-12(15)7-10(14)8-4-5-11(16-2)9(13)6-8/h4-6H,3,7,13H2,1-2H3. The van der Waals surface area contributed by atoms with Gasteiger partial charge in [0.05, 0.1) is 19.4 Å². The number of nitrogens with two attached hydrogens (primary N) is 1. The van der Waals surface area contributed by atoms with E-state index in [-0.39, 0.29) is 18.8 Å². The quantitative estimate of drug-likeness (QED) is 0.362. The molecule has 0 radical (unpaired) electrons. The molecule has 0 spiro atoms. The fourth-order valence-corrected chi connectivity index (χ4v) is 1.35. The molecule has 0 amide bonds. The summed E-state index contributed by atoms with van der Waals surface area (Å²) in [6.07, 6.45) is -0.278. The summed E-state index contributed by atoms with van der Waals surface area (Å²) in [6.45, 7) is 1.95. The van der Waals surface area contributed by atoms with Crippen LogP contribution in [-0.4, -0.2) is 25.5 Å². The molecule has 2 N–H and O–H groups in total. The predicted molar refractivity (Wildman–Crippen MR) is 63.0 cm³/mol. The maximum Gasteiger partial charge on any atom is 0.313 e. The molecular weight excluding hydrogens is 222 g/mol. The van der Waals surface area contributed by atoms with Gasteiger partial charge < -0.3 is 15.2 Å². The first-order valence-electron chi connectivity index (χ1n) is 5.20. The Labute approximate surface area is 99.5 Å². The fraction of sp³-hybridized carbons (Fsp3) is 0.333. The summed E-state index contributed by atoms with van der Waals surface area (Å²) in [5.41, 5.74) is 6.40. The second-order valence-corrected chi connectivity index (χ2v) is 3.36. The molecule has 0 bridgehead atoms. The van der Waals surface area contributed by atoms with Gasteiger partial charge in [-0.05, 0) is 25.1 Å². The number of carbonyl (C=O) groups excluding carboxylic acids is 2. The van der Waals surface area contributed by atoms with Crippen LogP contribution < -0.4 is 10.5 Å². The molecule has 0 heterocycles. The monoisotopic (exact) mass is 237 g/mol. The maximum absolute atomic E-state index is 11.7.